The Hall–Kier alpha value is -2.34. The molecule has 2 aromatic rings. The number of pyridine rings is 1. The smallest absolute Gasteiger partial charge is 0.267 e. The van der Waals surface area contributed by atoms with Gasteiger partial charge >= 0.3 is 0 Å². The number of hydrogen-bond acceptors (Lipinski definition) is 4. The molecule has 0 atom stereocenters. The molecule has 2 N–H and O–H groups in total. The molecule has 0 bridgehead atoms. The van der Waals surface area contributed by atoms with Crippen LogP contribution in [0.5, 0.6) is 5.75 Å². The lowest BCUT2D eigenvalue weighted by Gasteiger charge is -2.15. The van der Waals surface area contributed by atoms with Gasteiger partial charge in [-0.15, -0.1) is 0 Å². The topological polar surface area (TPSA) is 74.6 Å². The van der Waals surface area contributed by atoms with E-state index in [0.29, 0.717) is 30.5 Å². The van der Waals surface area contributed by atoms with E-state index in [1.54, 1.807) is 22.8 Å². The van der Waals surface area contributed by atoms with E-state index < -0.39 is 11.5 Å². The van der Waals surface area contributed by atoms with Crippen molar-refractivity contribution in [3.05, 3.63) is 40.2 Å². The third-order valence-corrected chi connectivity index (χ3v) is 4.20. The Labute approximate surface area is 148 Å². The molecule has 0 aliphatic heterocycles. The Balaban J connectivity index is 2.45. The number of aryl methyl sites for hydroxylation is 1. The van der Waals surface area contributed by atoms with Gasteiger partial charge in [0, 0.05) is 25.0 Å². The number of fused-ring (bicyclic) bond motifs is 1. The van der Waals surface area contributed by atoms with Crippen molar-refractivity contribution in [2.75, 3.05) is 27.2 Å². The molecule has 2 rings (SSSR count). The molecule has 0 radical (unpaired) electrons. The second kappa shape index (κ2) is 8.67. The Bertz CT molecular complexity index is 796. The van der Waals surface area contributed by atoms with Crippen LogP contribution in [0, 0.1) is 0 Å². The maximum Gasteiger partial charge on any atom is 0.267 e. The standard InChI is InChI=1S/C19H27N3O3/c1-4-5-8-12-22-15-10-7-6-9-14(15)17(23)16(19(22)25)18(24)20-11-13-21(2)3/h6-7,9-10,23H,4-5,8,11-13H2,1-3H3,(H,20,24). The number of hydrogen-bond donors (Lipinski definition) is 2. The zero-order chi connectivity index (χ0) is 18.4. The van der Waals surface area contributed by atoms with E-state index in [0.717, 1.165) is 19.3 Å². The lowest BCUT2D eigenvalue weighted by atomic mass is 10.1. The monoisotopic (exact) mass is 345 g/mol. The van der Waals surface area contributed by atoms with Crippen LogP contribution in [0.4, 0.5) is 0 Å². The summed E-state index contributed by atoms with van der Waals surface area (Å²) in [7, 11) is 3.81. The summed E-state index contributed by atoms with van der Waals surface area (Å²) in [5.74, 6) is -0.769. The fourth-order valence-electron chi connectivity index (χ4n) is 2.82. The van der Waals surface area contributed by atoms with E-state index in [9.17, 15) is 14.7 Å². The van der Waals surface area contributed by atoms with Crippen molar-refractivity contribution < 1.29 is 9.90 Å². The molecule has 0 saturated heterocycles. The number of rotatable bonds is 8. The summed E-state index contributed by atoms with van der Waals surface area (Å²) in [6, 6.07) is 7.15. The predicted molar refractivity (Wildman–Crippen MR) is 100 cm³/mol. The van der Waals surface area contributed by atoms with Crippen molar-refractivity contribution in [1.29, 1.82) is 0 Å². The molecule has 1 amide bonds. The van der Waals surface area contributed by atoms with Crippen molar-refractivity contribution in [2.45, 2.75) is 32.7 Å². The van der Waals surface area contributed by atoms with Crippen LogP contribution in [-0.4, -0.2) is 47.7 Å². The fraction of sp³-hybridized carbons (Fsp3) is 0.474. The van der Waals surface area contributed by atoms with Crippen LogP contribution in [0.2, 0.25) is 0 Å². The number of carbonyl (C=O) groups excluding carboxylic acids is 1. The molecule has 136 valence electrons. The molecule has 0 unspecified atom stereocenters. The van der Waals surface area contributed by atoms with Crippen LogP contribution < -0.4 is 10.9 Å². The van der Waals surface area contributed by atoms with Crippen LogP contribution in [0.25, 0.3) is 10.9 Å². The van der Waals surface area contributed by atoms with Gasteiger partial charge in [0.15, 0.2) is 0 Å². The molecule has 0 saturated carbocycles. The van der Waals surface area contributed by atoms with Crippen molar-refractivity contribution in [3.63, 3.8) is 0 Å². The van der Waals surface area contributed by atoms with E-state index in [1.165, 1.54) is 0 Å². The van der Waals surface area contributed by atoms with E-state index >= 15 is 0 Å². The van der Waals surface area contributed by atoms with Gasteiger partial charge in [0.05, 0.1) is 5.52 Å². The summed E-state index contributed by atoms with van der Waals surface area (Å²) < 4.78 is 1.60. The van der Waals surface area contributed by atoms with Crippen molar-refractivity contribution in [2.24, 2.45) is 0 Å². The average molecular weight is 345 g/mol. The Morgan fingerprint density at radius 1 is 1.24 bits per heavy atom. The van der Waals surface area contributed by atoms with Gasteiger partial charge in [-0.2, -0.15) is 0 Å². The summed E-state index contributed by atoms with van der Waals surface area (Å²) in [5.41, 5.74) is 0.0505. The van der Waals surface area contributed by atoms with E-state index in [1.807, 2.05) is 25.1 Å². The first-order valence-corrected chi connectivity index (χ1v) is 8.74. The summed E-state index contributed by atoms with van der Waals surface area (Å²) in [4.78, 5) is 27.3. The summed E-state index contributed by atoms with van der Waals surface area (Å²) in [5, 5.41) is 13.8. The first kappa shape index (κ1) is 19.0. The lowest BCUT2D eigenvalue weighted by Crippen LogP contribution is -2.36. The van der Waals surface area contributed by atoms with Crippen LogP contribution in [0.15, 0.2) is 29.1 Å². The summed E-state index contributed by atoms with van der Waals surface area (Å²) in [6.45, 7) is 3.70. The number of carbonyl (C=O) groups is 1. The molecule has 0 fully saturated rings. The SMILES string of the molecule is CCCCCn1c(=O)c(C(=O)NCCN(C)C)c(O)c2ccccc21. The van der Waals surface area contributed by atoms with Crippen molar-refractivity contribution >= 4 is 16.8 Å². The Kier molecular flexibility index (Phi) is 6.58. The highest BCUT2D eigenvalue weighted by atomic mass is 16.3. The number of benzene rings is 1. The number of aromatic nitrogens is 1. The molecule has 0 aliphatic rings. The van der Waals surface area contributed by atoms with Crippen LogP contribution >= 0.6 is 0 Å². The molecular formula is C19H27N3O3. The van der Waals surface area contributed by atoms with Gasteiger partial charge in [0.1, 0.15) is 11.3 Å². The Morgan fingerprint density at radius 3 is 2.64 bits per heavy atom. The largest absolute Gasteiger partial charge is 0.506 e. The zero-order valence-corrected chi connectivity index (χ0v) is 15.2. The second-order valence-corrected chi connectivity index (χ2v) is 6.46. The normalized spacial score (nSPS) is 11.2. The number of likely N-dealkylation sites (N-methyl/N-ethyl adjacent to an activating group) is 1. The molecule has 0 aliphatic carbocycles. The van der Waals surface area contributed by atoms with Gasteiger partial charge in [0.2, 0.25) is 0 Å². The minimum Gasteiger partial charge on any atom is -0.506 e. The van der Waals surface area contributed by atoms with Gasteiger partial charge in [-0.25, -0.2) is 0 Å². The van der Waals surface area contributed by atoms with E-state index in [4.69, 9.17) is 0 Å². The van der Waals surface area contributed by atoms with Gasteiger partial charge < -0.3 is 19.9 Å². The highest BCUT2D eigenvalue weighted by Crippen LogP contribution is 2.26. The molecule has 6 heteroatoms. The van der Waals surface area contributed by atoms with Gasteiger partial charge in [-0.05, 0) is 32.6 Å². The first-order valence-electron chi connectivity index (χ1n) is 8.74. The summed E-state index contributed by atoms with van der Waals surface area (Å²) >= 11 is 0. The minimum absolute atomic E-state index is 0.172. The fourth-order valence-corrected chi connectivity index (χ4v) is 2.82. The lowest BCUT2D eigenvalue weighted by molar-refractivity contribution is 0.0946. The van der Waals surface area contributed by atoms with Crippen molar-refractivity contribution in [1.82, 2.24) is 14.8 Å². The third-order valence-electron chi connectivity index (χ3n) is 4.20. The van der Waals surface area contributed by atoms with Crippen molar-refractivity contribution in [3.8, 4) is 5.75 Å². The van der Waals surface area contributed by atoms with Gasteiger partial charge in [0.25, 0.3) is 11.5 Å². The molecule has 25 heavy (non-hydrogen) atoms. The first-order chi connectivity index (χ1) is 12.0. The predicted octanol–water partition coefficient (Wildman–Crippen LogP) is 2.19. The van der Waals surface area contributed by atoms with E-state index in [-0.39, 0.29) is 11.3 Å². The number of para-hydroxylation sites is 1. The zero-order valence-electron chi connectivity index (χ0n) is 15.2. The quantitative estimate of drug-likeness (QED) is 0.719. The molecule has 1 aromatic carbocycles. The third kappa shape index (κ3) is 4.39. The number of aromatic hydroxyl groups is 1. The molecule has 0 spiro atoms. The van der Waals surface area contributed by atoms with E-state index in [2.05, 4.69) is 12.2 Å². The van der Waals surface area contributed by atoms with Gasteiger partial charge in [-0.1, -0.05) is 31.9 Å². The average Bonchev–Trinajstić information content (AvgIpc) is 2.57. The maximum atomic E-state index is 12.9. The highest BCUT2D eigenvalue weighted by Gasteiger charge is 2.21. The highest BCUT2D eigenvalue weighted by molar-refractivity contribution is 6.02. The number of nitrogens with zero attached hydrogens (tertiary/aromatic N) is 2. The van der Waals surface area contributed by atoms with Crippen LogP contribution in [0.3, 0.4) is 0 Å². The summed E-state index contributed by atoms with van der Waals surface area (Å²) in [6.07, 6.45) is 2.90. The van der Waals surface area contributed by atoms with Crippen LogP contribution in [-0.2, 0) is 6.54 Å². The number of unbranched alkanes of at least 4 members (excludes halogenated alkanes) is 2. The number of nitrogens with one attached hydrogen (secondary N) is 1. The molecule has 1 aromatic heterocycles. The maximum absolute atomic E-state index is 12.9. The Morgan fingerprint density at radius 2 is 1.96 bits per heavy atom. The van der Waals surface area contributed by atoms with Crippen LogP contribution in [0.1, 0.15) is 36.5 Å². The number of amides is 1. The second-order valence-electron chi connectivity index (χ2n) is 6.46. The molecule has 6 nitrogen and oxygen atoms in total. The molecule has 1 heterocycles. The van der Waals surface area contributed by atoms with Gasteiger partial charge in [-0.3, -0.25) is 9.59 Å². The minimum atomic E-state index is -0.528. The molecular weight excluding hydrogens is 318 g/mol.